The molecule has 2 aromatic carbocycles. The van der Waals surface area contributed by atoms with Crippen molar-refractivity contribution in [1.29, 1.82) is 0 Å². The quantitative estimate of drug-likeness (QED) is 0.548. The van der Waals surface area contributed by atoms with Crippen LogP contribution in [0.15, 0.2) is 39.8 Å². The molecular formula is C21H23BrFN3O2S. The molecule has 5 nitrogen and oxygen atoms in total. The molecule has 0 aliphatic rings. The van der Waals surface area contributed by atoms with E-state index < -0.39 is 10.0 Å². The number of aromatic nitrogens is 2. The molecule has 0 spiro atoms. The van der Waals surface area contributed by atoms with Gasteiger partial charge in [0.15, 0.2) is 5.82 Å². The molecular weight excluding hydrogens is 457 g/mol. The van der Waals surface area contributed by atoms with E-state index in [2.05, 4.69) is 25.8 Å². The monoisotopic (exact) mass is 479 g/mol. The topological polar surface area (TPSA) is 64.0 Å². The summed E-state index contributed by atoms with van der Waals surface area (Å²) in [7, 11) is -3.83. The van der Waals surface area contributed by atoms with Gasteiger partial charge in [0.05, 0.1) is 15.9 Å². The standard InChI is InChI=1S/C21H23BrFN3O2S/c1-12-13(2)15(4)20(16(5)14(12)3)29(27,28)25-21-19(22)11-26(24-21)10-17-6-8-18(23)9-7-17/h6-9,11H,10H2,1-5H3,(H,24,25). The molecule has 1 N–H and O–H groups in total. The van der Waals surface area contributed by atoms with Crippen LogP contribution in [0.1, 0.15) is 33.4 Å². The number of anilines is 1. The van der Waals surface area contributed by atoms with Crippen molar-refractivity contribution in [3.63, 3.8) is 0 Å². The van der Waals surface area contributed by atoms with Gasteiger partial charge < -0.3 is 0 Å². The molecule has 29 heavy (non-hydrogen) atoms. The van der Waals surface area contributed by atoms with E-state index in [0.717, 1.165) is 33.4 Å². The van der Waals surface area contributed by atoms with Crippen LogP contribution in [-0.2, 0) is 16.6 Å². The molecule has 3 rings (SSSR count). The molecule has 0 saturated heterocycles. The second-order valence-corrected chi connectivity index (χ2v) is 9.68. The molecule has 0 radical (unpaired) electrons. The number of hydrogen-bond acceptors (Lipinski definition) is 3. The molecule has 0 aliphatic carbocycles. The molecule has 1 heterocycles. The van der Waals surface area contributed by atoms with Crippen molar-refractivity contribution < 1.29 is 12.8 Å². The fraction of sp³-hybridized carbons (Fsp3) is 0.286. The summed E-state index contributed by atoms with van der Waals surface area (Å²) in [5.41, 5.74) is 5.36. The van der Waals surface area contributed by atoms with Gasteiger partial charge in [-0.1, -0.05) is 12.1 Å². The predicted molar refractivity (Wildman–Crippen MR) is 116 cm³/mol. The van der Waals surface area contributed by atoms with Gasteiger partial charge in [0, 0.05) is 6.20 Å². The van der Waals surface area contributed by atoms with Crippen LogP contribution in [0.4, 0.5) is 10.2 Å². The van der Waals surface area contributed by atoms with Crippen molar-refractivity contribution in [2.24, 2.45) is 0 Å². The van der Waals surface area contributed by atoms with Gasteiger partial charge in [0.25, 0.3) is 10.0 Å². The van der Waals surface area contributed by atoms with Crippen LogP contribution in [0.3, 0.4) is 0 Å². The van der Waals surface area contributed by atoms with Gasteiger partial charge in [0.2, 0.25) is 0 Å². The van der Waals surface area contributed by atoms with Crippen molar-refractivity contribution in [1.82, 2.24) is 9.78 Å². The number of hydrogen-bond donors (Lipinski definition) is 1. The largest absolute Gasteiger partial charge is 0.265 e. The van der Waals surface area contributed by atoms with E-state index >= 15 is 0 Å². The summed E-state index contributed by atoms with van der Waals surface area (Å²) in [5, 5.41) is 4.35. The highest BCUT2D eigenvalue weighted by Gasteiger charge is 2.25. The summed E-state index contributed by atoms with van der Waals surface area (Å²) in [6, 6.07) is 6.09. The summed E-state index contributed by atoms with van der Waals surface area (Å²) in [5.74, 6) is -0.0972. The maximum absolute atomic E-state index is 13.2. The summed E-state index contributed by atoms with van der Waals surface area (Å²) >= 11 is 3.37. The maximum Gasteiger partial charge on any atom is 0.263 e. The lowest BCUT2D eigenvalue weighted by molar-refractivity contribution is 0.599. The number of sulfonamides is 1. The summed E-state index contributed by atoms with van der Waals surface area (Å²) in [4.78, 5) is 0.290. The Bertz CT molecular complexity index is 1160. The van der Waals surface area contributed by atoms with E-state index in [4.69, 9.17) is 0 Å². The normalized spacial score (nSPS) is 11.7. The Balaban J connectivity index is 1.94. The maximum atomic E-state index is 13.2. The summed E-state index contributed by atoms with van der Waals surface area (Å²) < 4.78 is 44.2. The third-order valence-corrected chi connectivity index (χ3v) is 7.60. The van der Waals surface area contributed by atoms with Crippen LogP contribution >= 0.6 is 15.9 Å². The molecule has 1 aromatic heterocycles. The van der Waals surface area contributed by atoms with Gasteiger partial charge in [-0.05, 0) is 96.1 Å². The molecule has 3 aromatic rings. The van der Waals surface area contributed by atoms with E-state index in [0.29, 0.717) is 11.0 Å². The van der Waals surface area contributed by atoms with Crippen LogP contribution in [0.2, 0.25) is 0 Å². The SMILES string of the molecule is Cc1c(C)c(C)c(S(=O)(=O)Nc2nn(Cc3ccc(F)cc3)cc2Br)c(C)c1C. The van der Waals surface area contributed by atoms with Crippen LogP contribution < -0.4 is 4.72 Å². The summed E-state index contributed by atoms with van der Waals surface area (Å²) in [6.45, 7) is 9.91. The molecule has 0 atom stereocenters. The van der Waals surface area contributed by atoms with E-state index in [1.807, 2.05) is 34.6 Å². The molecule has 8 heteroatoms. The first-order chi connectivity index (χ1) is 13.5. The number of rotatable bonds is 5. The first-order valence-corrected chi connectivity index (χ1v) is 11.4. The van der Waals surface area contributed by atoms with Crippen LogP contribution in [0.25, 0.3) is 0 Å². The average molecular weight is 480 g/mol. The Hall–Kier alpha value is -2.19. The molecule has 0 unspecified atom stereocenters. The number of nitrogens with zero attached hydrogens (tertiary/aromatic N) is 2. The van der Waals surface area contributed by atoms with E-state index in [1.54, 1.807) is 23.0 Å². The van der Waals surface area contributed by atoms with Crippen molar-refractivity contribution in [3.8, 4) is 0 Å². The zero-order chi connectivity index (χ0) is 21.5. The zero-order valence-corrected chi connectivity index (χ0v) is 19.4. The summed E-state index contributed by atoms with van der Waals surface area (Å²) in [6.07, 6.45) is 1.69. The molecule has 0 aliphatic heterocycles. The highest BCUT2D eigenvalue weighted by molar-refractivity contribution is 9.10. The lowest BCUT2D eigenvalue weighted by Gasteiger charge is -2.19. The van der Waals surface area contributed by atoms with Crippen molar-refractivity contribution in [3.05, 3.63) is 74.1 Å². The highest BCUT2D eigenvalue weighted by atomic mass is 79.9. The molecule has 0 fully saturated rings. The Labute approximate surface area is 179 Å². The van der Waals surface area contributed by atoms with E-state index in [9.17, 15) is 12.8 Å². The number of benzene rings is 2. The van der Waals surface area contributed by atoms with Gasteiger partial charge in [-0.25, -0.2) is 12.8 Å². The Morgan fingerprint density at radius 2 is 1.48 bits per heavy atom. The smallest absolute Gasteiger partial charge is 0.263 e. The van der Waals surface area contributed by atoms with Crippen molar-refractivity contribution >= 4 is 31.8 Å². The fourth-order valence-electron chi connectivity index (χ4n) is 3.37. The third-order valence-electron chi connectivity index (χ3n) is 5.41. The van der Waals surface area contributed by atoms with E-state index in [1.165, 1.54) is 12.1 Å². The minimum Gasteiger partial charge on any atom is -0.265 e. The van der Waals surface area contributed by atoms with Gasteiger partial charge in [-0.3, -0.25) is 9.40 Å². The van der Waals surface area contributed by atoms with Gasteiger partial charge in [-0.2, -0.15) is 5.10 Å². The van der Waals surface area contributed by atoms with E-state index in [-0.39, 0.29) is 16.5 Å². The molecule has 0 amide bonds. The lowest BCUT2D eigenvalue weighted by Crippen LogP contribution is -2.18. The second kappa shape index (κ2) is 7.91. The first kappa shape index (κ1) is 21.5. The number of nitrogens with one attached hydrogen (secondary N) is 1. The zero-order valence-electron chi connectivity index (χ0n) is 17.0. The second-order valence-electron chi connectivity index (χ2n) is 7.21. The van der Waals surface area contributed by atoms with Gasteiger partial charge in [-0.15, -0.1) is 0 Å². The van der Waals surface area contributed by atoms with Crippen molar-refractivity contribution in [2.75, 3.05) is 4.72 Å². The minimum atomic E-state index is -3.83. The molecule has 0 saturated carbocycles. The van der Waals surface area contributed by atoms with Crippen LogP contribution in [0.5, 0.6) is 0 Å². The minimum absolute atomic E-state index is 0.210. The third kappa shape index (κ3) is 4.23. The van der Waals surface area contributed by atoms with Crippen molar-refractivity contribution in [2.45, 2.75) is 46.1 Å². The molecule has 0 bridgehead atoms. The highest BCUT2D eigenvalue weighted by Crippen LogP contribution is 2.32. The fourth-order valence-corrected chi connectivity index (χ4v) is 5.54. The van der Waals surface area contributed by atoms with Gasteiger partial charge in [0.1, 0.15) is 5.82 Å². The first-order valence-electron chi connectivity index (χ1n) is 9.08. The predicted octanol–water partition coefficient (Wildman–Crippen LogP) is 5.18. The average Bonchev–Trinajstić information content (AvgIpc) is 2.98. The Morgan fingerprint density at radius 1 is 0.966 bits per heavy atom. The Kier molecular flexibility index (Phi) is 5.87. The van der Waals surface area contributed by atoms with Crippen LogP contribution in [0, 0.1) is 40.4 Å². The number of halogens is 2. The lowest BCUT2D eigenvalue weighted by atomic mass is 9.95. The van der Waals surface area contributed by atoms with Gasteiger partial charge >= 0.3 is 0 Å². The van der Waals surface area contributed by atoms with Crippen LogP contribution in [-0.4, -0.2) is 18.2 Å². The Morgan fingerprint density at radius 3 is 2.03 bits per heavy atom. The molecule has 154 valence electrons.